The SMILES string of the molecule is NC(=O)c1ccccc1NC(=O)C(Sc1ccc(NC(=O)c2ccc3ccccc3c2)cc1)c1ccccc1. The fraction of sp³-hybridized carbons (Fsp3) is 0.0312. The second-order valence-electron chi connectivity index (χ2n) is 8.85. The van der Waals surface area contributed by atoms with Gasteiger partial charge in [0, 0.05) is 16.1 Å². The molecule has 39 heavy (non-hydrogen) atoms. The Morgan fingerprint density at radius 2 is 1.33 bits per heavy atom. The van der Waals surface area contributed by atoms with Crippen LogP contribution in [0.2, 0.25) is 0 Å². The molecule has 0 fully saturated rings. The highest BCUT2D eigenvalue weighted by molar-refractivity contribution is 8.00. The number of nitrogens with one attached hydrogen (secondary N) is 2. The zero-order valence-corrected chi connectivity index (χ0v) is 21.7. The van der Waals surface area contributed by atoms with E-state index in [2.05, 4.69) is 10.6 Å². The van der Waals surface area contributed by atoms with Crippen molar-refractivity contribution in [2.24, 2.45) is 5.73 Å². The van der Waals surface area contributed by atoms with E-state index in [-0.39, 0.29) is 17.4 Å². The third-order valence-electron chi connectivity index (χ3n) is 6.17. The van der Waals surface area contributed by atoms with Crippen LogP contribution in [-0.2, 0) is 4.79 Å². The maximum Gasteiger partial charge on any atom is 0.255 e. The molecule has 0 aliphatic carbocycles. The number of nitrogens with two attached hydrogens (primary N) is 1. The summed E-state index contributed by atoms with van der Waals surface area (Å²) >= 11 is 1.37. The fourth-order valence-corrected chi connectivity index (χ4v) is 5.22. The van der Waals surface area contributed by atoms with Crippen LogP contribution in [-0.4, -0.2) is 17.7 Å². The summed E-state index contributed by atoms with van der Waals surface area (Å²) in [6, 6.07) is 36.9. The number of carbonyl (C=O) groups excluding carboxylic acids is 3. The standard InChI is InChI=1S/C32H25N3O3S/c33-30(36)27-12-6-7-13-28(27)35-32(38)29(22-9-2-1-3-10-22)39-26-18-16-25(17-19-26)34-31(37)24-15-14-21-8-4-5-11-23(21)20-24/h1-20,29H,(H2,33,36)(H,34,37)(H,35,38). The van der Waals surface area contributed by atoms with Gasteiger partial charge in [0.1, 0.15) is 5.25 Å². The number of benzene rings is 5. The van der Waals surface area contributed by atoms with Crippen molar-refractivity contribution < 1.29 is 14.4 Å². The third kappa shape index (κ3) is 6.17. The number of hydrogen-bond donors (Lipinski definition) is 3. The van der Waals surface area contributed by atoms with Crippen LogP contribution in [0.3, 0.4) is 0 Å². The fourth-order valence-electron chi connectivity index (χ4n) is 4.19. The molecule has 5 aromatic rings. The Morgan fingerprint density at radius 1 is 0.667 bits per heavy atom. The predicted octanol–water partition coefficient (Wildman–Crippen LogP) is 6.66. The number of amides is 3. The summed E-state index contributed by atoms with van der Waals surface area (Å²) in [6.07, 6.45) is 0. The maximum absolute atomic E-state index is 13.4. The molecule has 0 aromatic heterocycles. The van der Waals surface area contributed by atoms with E-state index in [0.29, 0.717) is 16.9 Å². The topological polar surface area (TPSA) is 101 Å². The lowest BCUT2D eigenvalue weighted by molar-refractivity contribution is -0.115. The molecule has 5 rings (SSSR count). The highest BCUT2D eigenvalue weighted by Gasteiger charge is 2.23. The van der Waals surface area contributed by atoms with Crippen LogP contribution in [0.1, 0.15) is 31.5 Å². The van der Waals surface area contributed by atoms with Crippen molar-refractivity contribution in [1.29, 1.82) is 0 Å². The Labute approximate surface area is 230 Å². The highest BCUT2D eigenvalue weighted by Crippen LogP contribution is 2.37. The van der Waals surface area contributed by atoms with Crippen LogP contribution in [0, 0.1) is 0 Å². The van der Waals surface area contributed by atoms with Gasteiger partial charge in [-0.1, -0.05) is 72.8 Å². The first-order chi connectivity index (χ1) is 19.0. The van der Waals surface area contributed by atoms with Gasteiger partial charge in [-0.25, -0.2) is 0 Å². The van der Waals surface area contributed by atoms with Gasteiger partial charge in [-0.2, -0.15) is 0 Å². The van der Waals surface area contributed by atoms with E-state index < -0.39 is 11.2 Å². The molecule has 0 radical (unpaired) electrons. The average molecular weight is 532 g/mol. The average Bonchev–Trinajstić information content (AvgIpc) is 2.97. The molecule has 0 aliphatic heterocycles. The van der Waals surface area contributed by atoms with Crippen molar-refractivity contribution in [2.45, 2.75) is 10.1 Å². The van der Waals surface area contributed by atoms with Gasteiger partial charge >= 0.3 is 0 Å². The lowest BCUT2D eigenvalue weighted by Crippen LogP contribution is -2.22. The molecule has 0 saturated carbocycles. The Balaban J connectivity index is 1.32. The number of carbonyl (C=O) groups is 3. The monoisotopic (exact) mass is 531 g/mol. The van der Waals surface area contributed by atoms with Crippen LogP contribution >= 0.6 is 11.8 Å². The van der Waals surface area contributed by atoms with Crippen LogP contribution < -0.4 is 16.4 Å². The normalized spacial score (nSPS) is 11.5. The van der Waals surface area contributed by atoms with Crippen LogP contribution in [0.4, 0.5) is 11.4 Å². The van der Waals surface area contributed by atoms with Gasteiger partial charge in [0.15, 0.2) is 0 Å². The molecule has 6 nitrogen and oxygen atoms in total. The maximum atomic E-state index is 13.4. The molecule has 0 heterocycles. The number of thioether (sulfide) groups is 1. The number of fused-ring (bicyclic) bond motifs is 1. The van der Waals surface area contributed by atoms with E-state index in [4.69, 9.17) is 5.73 Å². The second kappa shape index (κ2) is 11.7. The van der Waals surface area contributed by atoms with Crippen molar-refractivity contribution in [2.75, 3.05) is 10.6 Å². The lowest BCUT2D eigenvalue weighted by atomic mass is 10.1. The molecule has 192 valence electrons. The number of para-hydroxylation sites is 1. The minimum atomic E-state index is -0.615. The van der Waals surface area contributed by atoms with Crippen molar-refractivity contribution in [3.05, 3.63) is 138 Å². The van der Waals surface area contributed by atoms with Gasteiger partial charge in [-0.3, -0.25) is 14.4 Å². The summed E-state index contributed by atoms with van der Waals surface area (Å²) in [5, 5.41) is 7.28. The Morgan fingerprint density at radius 3 is 2.08 bits per heavy atom. The van der Waals surface area contributed by atoms with Crippen LogP contribution in [0.5, 0.6) is 0 Å². The number of hydrogen-bond acceptors (Lipinski definition) is 4. The molecule has 0 bridgehead atoms. The molecule has 1 atom stereocenters. The first kappa shape index (κ1) is 25.8. The Bertz CT molecular complexity index is 1650. The summed E-state index contributed by atoms with van der Waals surface area (Å²) in [6.45, 7) is 0. The zero-order chi connectivity index (χ0) is 27.2. The van der Waals surface area contributed by atoms with Crippen molar-refractivity contribution in [1.82, 2.24) is 0 Å². The lowest BCUT2D eigenvalue weighted by Gasteiger charge is -2.18. The molecular formula is C32H25N3O3S. The van der Waals surface area contributed by atoms with E-state index in [0.717, 1.165) is 21.2 Å². The number of anilines is 2. The molecule has 0 saturated heterocycles. The largest absolute Gasteiger partial charge is 0.366 e. The van der Waals surface area contributed by atoms with E-state index >= 15 is 0 Å². The number of rotatable bonds is 8. The van der Waals surface area contributed by atoms with E-state index in [1.807, 2.05) is 91.0 Å². The Hall–Kier alpha value is -4.88. The summed E-state index contributed by atoms with van der Waals surface area (Å²) in [7, 11) is 0. The third-order valence-corrected chi connectivity index (χ3v) is 7.43. The molecule has 0 spiro atoms. The number of primary amides is 1. The van der Waals surface area contributed by atoms with Crippen LogP contribution in [0.15, 0.2) is 126 Å². The zero-order valence-electron chi connectivity index (χ0n) is 20.8. The molecule has 0 aliphatic rings. The molecule has 4 N–H and O–H groups in total. The predicted molar refractivity (Wildman–Crippen MR) is 157 cm³/mol. The second-order valence-corrected chi connectivity index (χ2v) is 10.0. The van der Waals surface area contributed by atoms with Gasteiger partial charge in [-0.05, 0) is 64.9 Å². The minimum Gasteiger partial charge on any atom is -0.366 e. The smallest absolute Gasteiger partial charge is 0.255 e. The van der Waals surface area contributed by atoms with E-state index in [9.17, 15) is 14.4 Å². The Kier molecular flexibility index (Phi) is 7.70. The van der Waals surface area contributed by atoms with Gasteiger partial charge in [0.25, 0.3) is 11.8 Å². The van der Waals surface area contributed by atoms with Gasteiger partial charge in [-0.15, -0.1) is 11.8 Å². The minimum absolute atomic E-state index is 0.198. The van der Waals surface area contributed by atoms with E-state index in [1.54, 1.807) is 30.3 Å². The molecule has 1 unspecified atom stereocenters. The molecule has 7 heteroatoms. The van der Waals surface area contributed by atoms with Crippen molar-refractivity contribution in [3.8, 4) is 0 Å². The van der Waals surface area contributed by atoms with Gasteiger partial charge in [0.05, 0.1) is 11.3 Å². The first-order valence-electron chi connectivity index (χ1n) is 12.3. The summed E-state index contributed by atoms with van der Waals surface area (Å²) in [5.41, 5.74) is 8.13. The molecular weight excluding hydrogens is 506 g/mol. The summed E-state index contributed by atoms with van der Waals surface area (Å²) in [4.78, 5) is 38.9. The molecule has 3 amide bonds. The van der Waals surface area contributed by atoms with Crippen molar-refractivity contribution >= 4 is 51.6 Å². The van der Waals surface area contributed by atoms with Crippen LogP contribution in [0.25, 0.3) is 10.8 Å². The summed E-state index contributed by atoms with van der Waals surface area (Å²) in [5.74, 6) is -1.10. The highest BCUT2D eigenvalue weighted by atomic mass is 32.2. The quantitative estimate of drug-likeness (QED) is 0.195. The van der Waals surface area contributed by atoms with Gasteiger partial charge < -0.3 is 16.4 Å². The van der Waals surface area contributed by atoms with E-state index in [1.165, 1.54) is 11.8 Å². The van der Waals surface area contributed by atoms with Gasteiger partial charge in [0.2, 0.25) is 5.91 Å². The first-order valence-corrected chi connectivity index (χ1v) is 13.2. The summed E-state index contributed by atoms with van der Waals surface area (Å²) < 4.78 is 0. The van der Waals surface area contributed by atoms with Crippen molar-refractivity contribution in [3.63, 3.8) is 0 Å². The molecule has 5 aromatic carbocycles.